The number of hydrogen-bond acceptors (Lipinski definition) is 4. The first kappa shape index (κ1) is 26.2. The third kappa shape index (κ3) is 4.99. The van der Waals surface area contributed by atoms with Gasteiger partial charge in [-0.1, -0.05) is 24.8 Å². The Kier molecular flexibility index (Phi) is 6.78. The second kappa shape index (κ2) is 10.4. The SMILES string of the molecule is C=CC(=O)Nc1cccc(-n2c(=O)n(-c3ccc(NC(=O)c4ccccc4C(F)(F)F)cc3)c3cnccc32)c1. The number of amides is 2. The van der Waals surface area contributed by atoms with E-state index in [0.717, 1.165) is 18.2 Å². The molecular formula is C29H20F3N5O3. The molecule has 0 atom stereocenters. The Morgan fingerprint density at radius 2 is 1.55 bits per heavy atom. The van der Waals surface area contributed by atoms with Crippen LogP contribution in [-0.4, -0.2) is 25.9 Å². The van der Waals surface area contributed by atoms with Crippen LogP contribution in [-0.2, 0) is 11.0 Å². The highest BCUT2D eigenvalue weighted by Gasteiger charge is 2.34. The first-order valence-electron chi connectivity index (χ1n) is 11.9. The molecule has 11 heteroatoms. The van der Waals surface area contributed by atoms with Crippen molar-refractivity contribution in [2.24, 2.45) is 0 Å². The van der Waals surface area contributed by atoms with Crippen molar-refractivity contribution in [2.45, 2.75) is 6.18 Å². The molecule has 0 aliphatic rings. The predicted octanol–water partition coefficient (Wildman–Crippen LogP) is 5.57. The summed E-state index contributed by atoms with van der Waals surface area (Å²) in [7, 11) is 0. The third-order valence-electron chi connectivity index (χ3n) is 6.06. The summed E-state index contributed by atoms with van der Waals surface area (Å²) in [5.74, 6) is -1.31. The van der Waals surface area contributed by atoms with Gasteiger partial charge in [-0.2, -0.15) is 13.2 Å². The highest BCUT2D eigenvalue weighted by Crippen LogP contribution is 2.32. The van der Waals surface area contributed by atoms with Gasteiger partial charge in [-0.25, -0.2) is 4.79 Å². The summed E-state index contributed by atoms with van der Waals surface area (Å²) in [6.07, 6.45) is -0.473. The van der Waals surface area contributed by atoms with Crippen LogP contribution in [0.4, 0.5) is 24.5 Å². The third-order valence-corrected chi connectivity index (χ3v) is 6.06. The standard InChI is InChI=1S/C29H20F3N5O3/c1-2-26(38)34-19-6-5-7-21(16-19)37-24-14-15-33-17-25(24)36(28(37)40)20-12-10-18(11-13-20)35-27(39)22-8-3-4-9-23(22)29(30,31)32/h2-17H,1H2,(H,34,38)(H,35,39). The van der Waals surface area contributed by atoms with Crippen LogP contribution in [0.2, 0.25) is 0 Å². The van der Waals surface area contributed by atoms with Crippen molar-refractivity contribution in [1.82, 2.24) is 14.1 Å². The van der Waals surface area contributed by atoms with Gasteiger partial charge in [0, 0.05) is 17.6 Å². The van der Waals surface area contributed by atoms with E-state index in [9.17, 15) is 27.6 Å². The van der Waals surface area contributed by atoms with Crippen molar-refractivity contribution < 1.29 is 22.8 Å². The first-order chi connectivity index (χ1) is 19.2. The van der Waals surface area contributed by atoms with Gasteiger partial charge in [0.2, 0.25) is 5.91 Å². The number of carbonyl (C=O) groups is 2. The van der Waals surface area contributed by atoms with Gasteiger partial charge in [0.25, 0.3) is 5.91 Å². The van der Waals surface area contributed by atoms with E-state index in [0.29, 0.717) is 28.1 Å². The molecule has 2 aromatic heterocycles. The quantitative estimate of drug-likeness (QED) is 0.274. The van der Waals surface area contributed by atoms with E-state index in [-0.39, 0.29) is 5.69 Å². The number of nitrogens with zero attached hydrogens (tertiary/aromatic N) is 3. The number of rotatable bonds is 6. The molecule has 40 heavy (non-hydrogen) atoms. The van der Waals surface area contributed by atoms with Crippen LogP contribution in [0.1, 0.15) is 15.9 Å². The average molecular weight is 544 g/mol. The van der Waals surface area contributed by atoms with E-state index in [1.807, 2.05) is 0 Å². The molecule has 0 fully saturated rings. The van der Waals surface area contributed by atoms with E-state index in [2.05, 4.69) is 22.2 Å². The summed E-state index contributed by atoms with van der Waals surface area (Å²) in [6, 6.07) is 19.0. The molecule has 0 aliphatic heterocycles. The summed E-state index contributed by atoms with van der Waals surface area (Å²) >= 11 is 0. The molecule has 0 unspecified atom stereocenters. The Bertz CT molecular complexity index is 1820. The van der Waals surface area contributed by atoms with Crippen LogP contribution in [0.15, 0.2) is 109 Å². The zero-order valence-electron chi connectivity index (χ0n) is 20.6. The van der Waals surface area contributed by atoms with E-state index in [1.54, 1.807) is 48.7 Å². The second-order valence-corrected chi connectivity index (χ2v) is 8.61. The lowest BCUT2D eigenvalue weighted by Crippen LogP contribution is -2.22. The number of pyridine rings is 1. The number of alkyl halides is 3. The maximum Gasteiger partial charge on any atom is 0.417 e. The molecule has 0 spiro atoms. The number of halogens is 3. The number of imidazole rings is 1. The van der Waals surface area contributed by atoms with Crippen LogP contribution in [0, 0.1) is 0 Å². The normalized spacial score (nSPS) is 11.3. The minimum Gasteiger partial charge on any atom is -0.322 e. The maximum atomic E-state index is 13.7. The zero-order valence-corrected chi connectivity index (χ0v) is 20.6. The van der Waals surface area contributed by atoms with Crippen molar-refractivity contribution in [3.63, 3.8) is 0 Å². The van der Waals surface area contributed by atoms with Crippen molar-refractivity contribution in [3.05, 3.63) is 126 Å². The van der Waals surface area contributed by atoms with Crippen LogP contribution in [0.25, 0.3) is 22.4 Å². The molecule has 2 heterocycles. The Balaban J connectivity index is 1.50. The van der Waals surface area contributed by atoms with Gasteiger partial charge in [0.15, 0.2) is 0 Å². The Morgan fingerprint density at radius 3 is 2.27 bits per heavy atom. The number of hydrogen-bond donors (Lipinski definition) is 2. The van der Waals surface area contributed by atoms with Crippen molar-refractivity contribution in [1.29, 1.82) is 0 Å². The number of benzene rings is 3. The van der Waals surface area contributed by atoms with Gasteiger partial charge in [-0.15, -0.1) is 0 Å². The smallest absolute Gasteiger partial charge is 0.322 e. The summed E-state index contributed by atoms with van der Waals surface area (Å²) in [5, 5.41) is 5.14. The molecule has 5 rings (SSSR count). The van der Waals surface area contributed by atoms with Gasteiger partial charge in [0.05, 0.1) is 39.7 Å². The van der Waals surface area contributed by atoms with E-state index in [1.165, 1.54) is 39.6 Å². The molecule has 2 amide bonds. The molecule has 0 saturated carbocycles. The van der Waals surface area contributed by atoms with Crippen LogP contribution >= 0.6 is 0 Å². The molecule has 0 radical (unpaired) electrons. The Labute approximate surface area is 225 Å². The van der Waals surface area contributed by atoms with Gasteiger partial charge < -0.3 is 10.6 Å². The summed E-state index contributed by atoms with van der Waals surface area (Å²) in [5.41, 5.74) is 0.715. The van der Waals surface area contributed by atoms with Gasteiger partial charge in [0.1, 0.15) is 0 Å². The molecule has 2 N–H and O–H groups in total. The highest BCUT2D eigenvalue weighted by atomic mass is 19.4. The minimum atomic E-state index is -4.68. The molecular weight excluding hydrogens is 523 g/mol. The van der Waals surface area contributed by atoms with E-state index in [4.69, 9.17) is 0 Å². The lowest BCUT2D eigenvalue weighted by atomic mass is 10.1. The monoisotopic (exact) mass is 543 g/mol. The number of nitrogens with one attached hydrogen (secondary N) is 2. The van der Waals surface area contributed by atoms with Crippen LogP contribution in [0.3, 0.4) is 0 Å². The molecule has 8 nitrogen and oxygen atoms in total. The molecule has 5 aromatic rings. The fourth-order valence-corrected chi connectivity index (χ4v) is 4.28. The summed E-state index contributed by atoms with van der Waals surface area (Å²) in [4.78, 5) is 42.2. The summed E-state index contributed by atoms with van der Waals surface area (Å²) < 4.78 is 42.9. The lowest BCUT2D eigenvalue weighted by molar-refractivity contribution is -0.137. The second-order valence-electron chi connectivity index (χ2n) is 8.61. The van der Waals surface area contributed by atoms with Crippen LogP contribution in [0.5, 0.6) is 0 Å². The molecule has 0 bridgehead atoms. The average Bonchev–Trinajstić information content (AvgIpc) is 3.24. The topological polar surface area (TPSA) is 98.0 Å². The minimum absolute atomic E-state index is 0.242. The molecule has 200 valence electrons. The summed E-state index contributed by atoms with van der Waals surface area (Å²) in [6.45, 7) is 3.43. The van der Waals surface area contributed by atoms with Crippen molar-refractivity contribution in [3.8, 4) is 11.4 Å². The fraction of sp³-hybridized carbons (Fsp3) is 0.0345. The number of carbonyl (C=O) groups excluding carboxylic acids is 2. The maximum absolute atomic E-state index is 13.7. The first-order valence-corrected chi connectivity index (χ1v) is 11.9. The highest BCUT2D eigenvalue weighted by molar-refractivity contribution is 6.05. The number of aromatic nitrogens is 3. The molecule has 0 aliphatic carbocycles. The molecule has 3 aromatic carbocycles. The van der Waals surface area contributed by atoms with Crippen LogP contribution < -0.4 is 16.3 Å². The van der Waals surface area contributed by atoms with Gasteiger partial charge >= 0.3 is 11.9 Å². The lowest BCUT2D eigenvalue weighted by Gasteiger charge is -2.13. The predicted molar refractivity (Wildman–Crippen MR) is 145 cm³/mol. The van der Waals surface area contributed by atoms with Gasteiger partial charge in [-0.3, -0.25) is 23.7 Å². The molecule has 0 saturated heterocycles. The van der Waals surface area contributed by atoms with E-state index < -0.39 is 34.8 Å². The Morgan fingerprint density at radius 1 is 0.825 bits per heavy atom. The number of anilines is 2. The zero-order chi connectivity index (χ0) is 28.4. The van der Waals surface area contributed by atoms with Crippen molar-refractivity contribution in [2.75, 3.05) is 10.6 Å². The fourth-order valence-electron chi connectivity index (χ4n) is 4.28. The van der Waals surface area contributed by atoms with Crippen molar-refractivity contribution >= 4 is 34.2 Å². The largest absolute Gasteiger partial charge is 0.417 e. The van der Waals surface area contributed by atoms with Gasteiger partial charge in [-0.05, 0) is 66.7 Å². The Hall–Kier alpha value is -5.45. The van der Waals surface area contributed by atoms with E-state index >= 15 is 0 Å². The number of fused-ring (bicyclic) bond motifs is 1.